The van der Waals surface area contributed by atoms with Gasteiger partial charge in [-0.15, -0.1) is 0 Å². The third-order valence-electron chi connectivity index (χ3n) is 5.16. The second-order valence-corrected chi connectivity index (χ2v) is 9.03. The van der Waals surface area contributed by atoms with E-state index in [9.17, 15) is 18.0 Å². The molecule has 1 aromatic carbocycles. The van der Waals surface area contributed by atoms with Crippen molar-refractivity contribution in [1.82, 2.24) is 4.72 Å². The molecule has 2 bridgehead atoms. The van der Waals surface area contributed by atoms with Crippen molar-refractivity contribution in [2.75, 3.05) is 0 Å². The third kappa shape index (κ3) is 2.19. The fourth-order valence-corrected chi connectivity index (χ4v) is 6.79. The standard InChI is InChI=1S/C15H14BrNO5S/c16-12-8-6-9(11-10(8)14(18)22-15(11)19)13(12)17-23(20,21)7-4-2-1-3-5-7/h1-5,8-13,17H,6H2/t8?,9?,10-,11+,12-,13+/m0/s1. The van der Waals surface area contributed by atoms with Crippen LogP contribution < -0.4 is 4.72 Å². The van der Waals surface area contributed by atoms with Gasteiger partial charge in [0.15, 0.2) is 0 Å². The molecule has 122 valence electrons. The van der Waals surface area contributed by atoms with Crippen LogP contribution in [-0.4, -0.2) is 31.2 Å². The molecule has 1 N–H and O–H groups in total. The largest absolute Gasteiger partial charge is 0.393 e. The van der Waals surface area contributed by atoms with Crippen LogP contribution in [0.4, 0.5) is 0 Å². The summed E-state index contributed by atoms with van der Waals surface area (Å²) in [5.41, 5.74) is 0. The van der Waals surface area contributed by atoms with Crippen LogP contribution in [0.15, 0.2) is 35.2 Å². The predicted molar refractivity (Wildman–Crippen MR) is 82.9 cm³/mol. The molecule has 1 aromatic rings. The van der Waals surface area contributed by atoms with Gasteiger partial charge >= 0.3 is 11.9 Å². The number of nitrogens with one attached hydrogen (secondary N) is 1. The average molecular weight is 400 g/mol. The van der Waals surface area contributed by atoms with Crippen LogP contribution in [0.1, 0.15) is 6.42 Å². The first-order chi connectivity index (χ1) is 10.9. The molecule has 2 unspecified atom stereocenters. The number of fused-ring (bicyclic) bond motifs is 5. The second-order valence-electron chi connectivity index (χ2n) is 6.26. The van der Waals surface area contributed by atoms with Gasteiger partial charge in [-0.25, -0.2) is 13.1 Å². The van der Waals surface area contributed by atoms with Crippen LogP contribution in [0.25, 0.3) is 0 Å². The van der Waals surface area contributed by atoms with E-state index in [1.54, 1.807) is 18.2 Å². The van der Waals surface area contributed by atoms with Gasteiger partial charge in [-0.3, -0.25) is 9.59 Å². The highest BCUT2D eigenvalue weighted by atomic mass is 79.9. The summed E-state index contributed by atoms with van der Waals surface area (Å²) in [7, 11) is -3.68. The molecule has 3 aliphatic rings. The van der Waals surface area contributed by atoms with Crippen molar-refractivity contribution < 1.29 is 22.7 Å². The molecule has 1 saturated heterocycles. The Bertz CT molecular complexity index is 780. The molecular weight excluding hydrogens is 386 g/mol. The van der Waals surface area contributed by atoms with Gasteiger partial charge in [0.1, 0.15) is 0 Å². The van der Waals surface area contributed by atoms with Crippen LogP contribution >= 0.6 is 15.9 Å². The highest BCUT2D eigenvalue weighted by molar-refractivity contribution is 9.09. The highest BCUT2D eigenvalue weighted by Gasteiger charge is 2.66. The molecule has 0 radical (unpaired) electrons. The van der Waals surface area contributed by atoms with Gasteiger partial charge in [-0.2, -0.15) is 0 Å². The average Bonchev–Trinajstić information content (AvgIpc) is 3.14. The van der Waals surface area contributed by atoms with Crippen molar-refractivity contribution in [2.45, 2.75) is 22.2 Å². The molecule has 1 aliphatic heterocycles. The SMILES string of the molecule is O=C1OC(=O)[C@H]2C3CC([C@@H](NS(=O)(=O)c4ccccc4)[C@H]3Br)[C@@H]12. The first-order valence-corrected chi connectivity index (χ1v) is 9.77. The maximum absolute atomic E-state index is 12.5. The number of alkyl halides is 1. The molecule has 2 aliphatic carbocycles. The summed E-state index contributed by atoms with van der Waals surface area (Å²) in [4.78, 5) is 23.7. The number of carbonyl (C=O) groups is 2. The number of sulfonamides is 1. The fourth-order valence-electron chi connectivity index (χ4n) is 4.22. The lowest BCUT2D eigenvalue weighted by Gasteiger charge is -2.32. The smallest absolute Gasteiger partial charge is 0.317 e. The van der Waals surface area contributed by atoms with E-state index in [0.29, 0.717) is 6.42 Å². The van der Waals surface area contributed by atoms with Gasteiger partial charge in [-0.05, 0) is 30.4 Å². The zero-order valence-corrected chi connectivity index (χ0v) is 14.3. The van der Waals surface area contributed by atoms with Crippen molar-refractivity contribution in [2.24, 2.45) is 23.7 Å². The molecule has 4 rings (SSSR count). The normalized spacial score (nSPS) is 38.7. The van der Waals surface area contributed by atoms with Gasteiger partial charge in [0.05, 0.1) is 16.7 Å². The molecule has 2 saturated carbocycles. The Morgan fingerprint density at radius 3 is 2.30 bits per heavy atom. The van der Waals surface area contributed by atoms with Crippen molar-refractivity contribution in [1.29, 1.82) is 0 Å². The number of halogens is 1. The maximum Gasteiger partial charge on any atom is 0.317 e. The van der Waals surface area contributed by atoms with Crippen LogP contribution in [-0.2, 0) is 24.3 Å². The number of cyclic esters (lactones) is 2. The van der Waals surface area contributed by atoms with Crippen LogP contribution in [0.5, 0.6) is 0 Å². The van der Waals surface area contributed by atoms with Crippen molar-refractivity contribution in [3.8, 4) is 0 Å². The summed E-state index contributed by atoms with van der Waals surface area (Å²) in [6.45, 7) is 0. The molecule has 0 amide bonds. The number of benzene rings is 1. The fraction of sp³-hybridized carbons (Fsp3) is 0.467. The number of hydrogen-bond acceptors (Lipinski definition) is 5. The minimum absolute atomic E-state index is 0.0765. The molecular formula is C15H14BrNO5S. The van der Waals surface area contributed by atoms with Gasteiger partial charge in [0.2, 0.25) is 10.0 Å². The van der Waals surface area contributed by atoms with E-state index in [2.05, 4.69) is 20.7 Å². The molecule has 3 fully saturated rings. The Morgan fingerprint density at radius 1 is 1.04 bits per heavy atom. The number of rotatable bonds is 3. The lowest BCUT2D eigenvalue weighted by molar-refractivity contribution is -0.154. The molecule has 0 spiro atoms. The van der Waals surface area contributed by atoms with Gasteiger partial charge in [0, 0.05) is 10.9 Å². The lowest BCUT2D eigenvalue weighted by Crippen LogP contribution is -2.50. The first-order valence-electron chi connectivity index (χ1n) is 7.37. The van der Waals surface area contributed by atoms with E-state index in [1.807, 2.05) is 0 Å². The lowest BCUT2D eigenvalue weighted by atomic mass is 9.79. The number of hydrogen-bond donors (Lipinski definition) is 1. The maximum atomic E-state index is 12.5. The molecule has 1 heterocycles. The molecule has 23 heavy (non-hydrogen) atoms. The van der Waals surface area contributed by atoms with Gasteiger partial charge in [0.25, 0.3) is 0 Å². The van der Waals surface area contributed by atoms with E-state index in [0.717, 1.165) is 0 Å². The van der Waals surface area contributed by atoms with Crippen molar-refractivity contribution in [3.05, 3.63) is 30.3 Å². The topological polar surface area (TPSA) is 89.5 Å². The third-order valence-corrected chi connectivity index (χ3v) is 7.88. The van der Waals surface area contributed by atoms with Crippen molar-refractivity contribution in [3.63, 3.8) is 0 Å². The minimum atomic E-state index is -3.68. The summed E-state index contributed by atoms with van der Waals surface area (Å²) in [6.07, 6.45) is 0.647. The van der Waals surface area contributed by atoms with Gasteiger partial charge in [-0.1, -0.05) is 34.1 Å². The summed E-state index contributed by atoms with van der Waals surface area (Å²) in [5, 5.41) is 0. The van der Waals surface area contributed by atoms with E-state index in [4.69, 9.17) is 4.74 Å². The van der Waals surface area contributed by atoms with Crippen LogP contribution in [0.2, 0.25) is 0 Å². The van der Waals surface area contributed by atoms with Gasteiger partial charge < -0.3 is 4.74 Å². The second kappa shape index (κ2) is 5.12. The summed E-state index contributed by atoms with van der Waals surface area (Å²) in [6, 6.07) is 7.68. The predicted octanol–water partition coefficient (Wildman–Crippen LogP) is 1.06. The Kier molecular flexibility index (Phi) is 3.40. The van der Waals surface area contributed by atoms with Crippen LogP contribution in [0, 0.1) is 23.7 Å². The monoisotopic (exact) mass is 399 g/mol. The van der Waals surface area contributed by atoms with E-state index >= 15 is 0 Å². The van der Waals surface area contributed by atoms with E-state index in [-0.39, 0.29) is 21.6 Å². The number of carbonyl (C=O) groups excluding carboxylic acids is 2. The Hall–Kier alpha value is -1.25. The van der Waals surface area contributed by atoms with E-state index < -0.39 is 39.8 Å². The first kappa shape index (κ1) is 15.3. The molecule has 6 nitrogen and oxygen atoms in total. The number of esters is 2. The Labute approximate surface area is 141 Å². The molecule has 6 atom stereocenters. The quantitative estimate of drug-likeness (QED) is 0.466. The number of ether oxygens (including phenoxy) is 1. The van der Waals surface area contributed by atoms with E-state index in [1.165, 1.54) is 12.1 Å². The Balaban J connectivity index is 1.62. The Morgan fingerprint density at radius 2 is 1.65 bits per heavy atom. The minimum Gasteiger partial charge on any atom is -0.393 e. The molecule has 8 heteroatoms. The summed E-state index contributed by atoms with van der Waals surface area (Å²) >= 11 is 3.52. The molecule has 0 aromatic heterocycles. The summed E-state index contributed by atoms with van der Waals surface area (Å²) < 4.78 is 32.5. The zero-order chi connectivity index (χ0) is 16.4. The zero-order valence-electron chi connectivity index (χ0n) is 11.9. The summed E-state index contributed by atoms with van der Waals surface area (Å²) in [5.74, 6) is -2.24. The van der Waals surface area contributed by atoms with Crippen LogP contribution in [0.3, 0.4) is 0 Å². The van der Waals surface area contributed by atoms with Crippen molar-refractivity contribution >= 4 is 37.9 Å². The highest BCUT2D eigenvalue weighted by Crippen LogP contribution is 2.57.